The molecule has 8 atom stereocenters. The quantitative estimate of drug-likeness (QED) is 0.277. The molecule has 2 saturated heterocycles. The first-order valence-corrected chi connectivity index (χ1v) is 18.3. The summed E-state index contributed by atoms with van der Waals surface area (Å²) in [5, 5.41) is 12.7. The van der Waals surface area contributed by atoms with E-state index in [-0.39, 0.29) is 37.3 Å². The molecule has 0 radical (unpaired) electrons. The lowest BCUT2D eigenvalue weighted by Gasteiger charge is -2.39. The Labute approximate surface area is 304 Å². The monoisotopic (exact) mass is 705 g/mol. The number of ether oxygens (including phenoxy) is 2. The zero-order valence-electron chi connectivity index (χ0n) is 30.1. The molecule has 0 saturated carbocycles. The van der Waals surface area contributed by atoms with Crippen molar-refractivity contribution in [2.75, 3.05) is 25.1 Å². The molecule has 10 heteroatoms. The van der Waals surface area contributed by atoms with Crippen LogP contribution in [0.2, 0.25) is 0 Å². The average molecular weight is 706 g/mol. The molecule has 0 aromatic heterocycles. The summed E-state index contributed by atoms with van der Waals surface area (Å²) in [7, 11) is 1.71. The maximum Gasteiger partial charge on any atom is 0.313 e. The van der Waals surface area contributed by atoms with Gasteiger partial charge in [0.25, 0.3) is 5.91 Å². The molecule has 52 heavy (non-hydrogen) atoms. The van der Waals surface area contributed by atoms with Gasteiger partial charge in [0.15, 0.2) is 0 Å². The topological polar surface area (TPSA) is 117 Å². The lowest BCUT2D eigenvalue weighted by atomic mass is 9.74. The zero-order valence-corrected chi connectivity index (χ0v) is 30.1. The van der Waals surface area contributed by atoms with Crippen molar-refractivity contribution in [3.8, 4) is 0 Å². The van der Waals surface area contributed by atoms with Crippen molar-refractivity contribution in [2.24, 2.45) is 17.8 Å². The number of amides is 3. The van der Waals surface area contributed by atoms with Crippen LogP contribution in [-0.2, 0) is 28.7 Å². The molecule has 3 aromatic rings. The van der Waals surface area contributed by atoms with E-state index in [1.807, 2.05) is 106 Å². The predicted molar refractivity (Wildman–Crippen MR) is 197 cm³/mol. The van der Waals surface area contributed by atoms with Crippen molar-refractivity contribution in [1.29, 1.82) is 0 Å². The number of hydrogen-bond acceptors (Lipinski definition) is 7. The largest absolute Gasteiger partial charge is 0.455 e. The molecule has 3 amide bonds. The van der Waals surface area contributed by atoms with E-state index < -0.39 is 59.6 Å². The van der Waals surface area contributed by atoms with E-state index >= 15 is 4.79 Å². The fraction of sp³-hybridized carbons (Fsp3) is 0.429. The lowest BCUT2D eigenvalue weighted by Crippen LogP contribution is -2.59. The number of carbonyl (C=O) groups excluding carboxylic acids is 4. The molecule has 2 fully saturated rings. The van der Waals surface area contributed by atoms with Crippen LogP contribution in [0.25, 0.3) is 10.8 Å². The summed E-state index contributed by atoms with van der Waals surface area (Å²) in [5.41, 5.74) is -0.114. The standard InChI is InChI=1S/C42H47N3O7/c1-26(2)23-32(25-46)45-38-40(49)44(31-19-18-28-13-10-11-16-30(28)24-31)22-12-6-9-17-34(47)43(4)27(3)37(29-14-7-5-8-15-29)51-41(50)35-33-20-21-42(38,52-33)36(35)39(45)48/h5-8,10-16,18-21,24,26-27,32-33,35-38,46H,9,17,22-23,25H2,1-4H3/b12-6-/t27-,32+,33+,35-,36-,37+,38+,42-/m0/s1. The van der Waals surface area contributed by atoms with Gasteiger partial charge in [-0.1, -0.05) is 98.8 Å². The van der Waals surface area contributed by atoms with Gasteiger partial charge >= 0.3 is 5.97 Å². The number of likely N-dealkylation sites (N-methyl/N-ethyl adjacent to an activating group) is 1. The number of fused-ring (bicyclic) bond motifs is 3. The van der Waals surface area contributed by atoms with Gasteiger partial charge in [-0.2, -0.15) is 0 Å². The van der Waals surface area contributed by atoms with Crippen molar-refractivity contribution in [3.05, 3.63) is 103 Å². The van der Waals surface area contributed by atoms with Crippen molar-refractivity contribution in [2.45, 2.75) is 76.0 Å². The number of aliphatic hydroxyl groups is 1. The number of carbonyl (C=O) groups is 4. The normalized spacial score (nSPS) is 30.7. The minimum atomic E-state index is -1.46. The number of likely N-dealkylation sites (tertiary alicyclic amines) is 1. The summed E-state index contributed by atoms with van der Waals surface area (Å²) in [4.78, 5) is 62.9. The maximum atomic E-state index is 15.3. The second-order valence-corrected chi connectivity index (χ2v) is 14.9. The number of aliphatic hydroxyl groups excluding tert-OH is 1. The number of rotatable bonds is 6. The molecule has 272 valence electrons. The SMILES string of the molecule is CC(C)C[C@H](CO)N1C(=O)[C@@H]2[C@H]3C(=O)O[C@@H](c4ccccc4)[C@H](C)N(C)C(=O)CC/C=C\CN(c4ccc5ccccc5c4)C(=O)[C@@H]1[C@]21C=C[C@H]3O1. The van der Waals surface area contributed by atoms with Gasteiger partial charge in [0.05, 0.1) is 30.7 Å². The van der Waals surface area contributed by atoms with Gasteiger partial charge in [0.1, 0.15) is 23.7 Å². The summed E-state index contributed by atoms with van der Waals surface area (Å²) in [6.45, 7) is 5.67. The third kappa shape index (κ3) is 6.11. The van der Waals surface area contributed by atoms with Crippen LogP contribution in [0.3, 0.4) is 0 Å². The van der Waals surface area contributed by atoms with E-state index in [1.165, 1.54) is 4.90 Å². The number of hydrogen-bond donors (Lipinski definition) is 1. The third-order valence-corrected chi connectivity index (χ3v) is 11.3. The Morgan fingerprint density at radius 2 is 1.65 bits per heavy atom. The van der Waals surface area contributed by atoms with Gasteiger partial charge in [-0.05, 0) is 54.2 Å². The first-order valence-electron chi connectivity index (χ1n) is 18.3. The molecule has 1 spiro atoms. The zero-order chi connectivity index (χ0) is 36.7. The average Bonchev–Trinajstić information content (AvgIpc) is 3.80. The molecule has 0 aliphatic carbocycles. The fourth-order valence-corrected chi connectivity index (χ4v) is 8.59. The van der Waals surface area contributed by atoms with Gasteiger partial charge in [0, 0.05) is 25.7 Å². The van der Waals surface area contributed by atoms with Gasteiger partial charge < -0.3 is 29.3 Å². The van der Waals surface area contributed by atoms with Crippen LogP contribution >= 0.6 is 0 Å². The third-order valence-electron chi connectivity index (χ3n) is 11.3. The number of anilines is 1. The maximum absolute atomic E-state index is 15.3. The number of nitrogens with zero attached hydrogens (tertiary/aromatic N) is 3. The lowest BCUT2D eigenvalue weighted by molar-refractivity contribution is -0.164. The smallest absolute Gasteiger partial charge is 0.313 e. The highest BCUT2D eigenvalue weighted by Crippen LogP contribution is 2.56. The Hall–Kier alpha value is -4.80. The summed E-state index contributed by atoms with van der Waals surface area (Å²) < 4.78 is 13.0. The van der Waals surface area contributed by atoms with Crippen molar-refractivity contribution in [1.82, 2.24) is 9.80 Å². The molecule has 4 aliphatic heterocycles. The summed E-state index contributed by atoms with van der Waals surface area (Å²) in [6, 6.07) is 20.6. The Kier molecular flexibility index (Phi) is 9.80. The van der Waals surface area contributed by atoms with Gasteiger partial charge in [-0.15, -0.1) is 0 Å². The highest BCUT2D eigenvalue weighted by atomic mass is 16.6. The summed E-state index contributed by atoms with van der Waals surface area (Å²) in [5.74, 6) is -3.54. The van der Waals surface area contributed by atoms with Crippen LogP contribution in [0.15, 0.2) is 97.1 Å². The molecular formula is C42H47N3O7. The van der Waals surface area contributed by atoms with Crippen molar-refractivity contribution < 1.29 is 33.8 Å². The number of esters is 1. The van der Waals surface area contributed by atoms with E-state index in [9.17, 15) is 19.5 Å². The molecule has 7 rings (SSSR count). The van der Waals surface area contributed by atoms with Crippen LogP contribution in [-0.4, -0.2) is 88.6 Å². The summed E-state index contributed by atoms with van der Waals surface area (Å²) in [6.07, 6.45) is 6.80. The van der Waals surface area contributed by atoms with E-state index in [0.29, 0.717) is 24.1 Å². The number of allylic oxidation sites excluding steroid dienone is 1. The molecule has 0 unspecified atom stereocenters. The molecule has 10 nitrogen and oxygen atoms in total. The highest BCUT2D eigenvalue weighted by Gasteiger charge is 2.74. The second kappa shape index (κ2) is 14.3. The van der Waals surface area contributed by atoms with Crippen molar-refractivity contribution >= 4 is 40.2 Å². The van der Waals surface area contributed by atoms with Crippen LogP contribution in [0.4, 0.5) is 5.69 Å². The van der Waals surface area contributed by atoms with Crippen LogP contribution in [0.1, 0.15) is 51.7 Å². The summed E-state index contributed by atoms with van der Waals surface area (Å²) >= 11 is 0. The molecule has 1 N–H and O–H groups in total. The minimum Gasteiger partial charge on any atom is -0.455 e. The van der Waals surface area contributed by atoms with Crippen LogP contribution in [0.5, 0.6) is 0 Å². The molecule has 4 aliphatic rings. The van der Waals surface area contributed by atoms with Crippen molar-refractivity contribution in [3.63, 3.8) is 0 Å². The first kappa shape index (κ1) is 35.6. The molecule has 4 heterocycles. The van der Waals surface area contributed by atoms with Crippen LogP contribution in [0, 0.1) is 17.8 Å². The second-order valence-electron chi connectivity index (χ2n) is 14.9. The van der Waals surface area contributed by atoms with Gasteiger partial charge in [-0.25, -0.2) is 0 Å². The molecule has 5 bridgehead atoms. The Morgan fingerprint density at radius 3 is 2.38 bits per heavy atom. The first-order chi connectivity index (χ1) is 25.1. The van der Waals surface area contributed by atoms with E-state index in [1.54, 1.807) is 29.0 Å². The highest BCUT2D eigenvalue weighted by molar-refractivity contribution is 6.06. The predicted octanol–water partition coefficient (Wildman–Crippen LogP) is 5.21. The Morgan fingerprint density at radius 1 is 0.923 bits per heavy atom. The molecular weight excluding hydrogens is 658 g/mol. The number of cyclic esters (lactones) is 1. The van der Waals surface area contributed by atoms with Gasteiger partial charge in [-0.3, -0.25) is 19.2 Å². The fourth-order valence-electron chi connectivity index (χ4n) is 8.59. The number of benzene rings is 3. The van der Waals surface area contributed by atoms with E-state index in [2.05, 4.69) is 0 Å². The minimum absolute atomic E-state index is 0.102. The van der Waals surface area contributed by atoms with E-state index in [4.69, 9.17) is 9.47 Å². The van der Waals surface area contributed by atoms with Crippen LogP contribution < -0.4 is 4.90 Å². The Bertz CT molecular complexity index is 1910. The van der Waals surface area contributed by atoms with Gasteiger partial charge in [0.2, 0.25) is 11.8 Å². The molecule has 3 aromatic carbocycles. The Balaban J connectivity index is 1.37. The van der Waals surface area contributed by atoms with E-state index in [0.717, 1.165) is 10.8 Å².